The van der Waals surface area contributed by atoms with Gasteiger partial charge in [-0.3, -0.25) is 9.48 Å². The number of fused-ring (bicyclic) bond motifs is 1. The maximum absolute atomic E-state index is 14.2. The van der Waals surface area contributed by atoms with Crippen LogP contribution in [-0.2, 0) is 24.4 Å². The van der Waals surface area contributed by atoms with E-state index in [1.807, 2.05) is 10.7 Å². The van der Waals surface area contributed by atoms with Gasteiger partial charge in [0, 0.05) is 27.2 Å². The van der Waals surface area contributed by atoms with Gasteiger partial charge in [0.05, 0.1) is 24.5 Å². The van der Waals surface area contributed by atoms with Gasteiger partial charge in [-0.2, -0.15) is 5.10 Å². The molecule has 7 nitrogen and oxygen atoms in total. The summed E-state index contributed by atoms with van der Waals surface area (Å²) in [6, 6.07) is 10.2. The van der Waals surface area contributed by atoms with Crippen molar-refractivity contribution in [2.75, 3.05) is 20.6 Å². The largest absolute Gasteiger partial charge is 0.348 e. The monoisotopic (exact) mass is 373 g/mol. The van der Waals surface area contributed by atoms with Crippen molar-refractivity contribution >= 4 is 11.9 Å². The fourth-order valence-electron chi connectivity index (χ4n) is 3.09. The third-order valence-corrected chi connectivity index (χ3v) is 4.48. The summed E-state index contributed by atoms with van der Waals surface area (Å²) in [5.41, 5.74) is 1.89. The van der Waals surface area contributed by atoms with Crippen molar-refractivity contribution < 1.29 is 14.0 Å². The lowest BCUT2D eigenvalue weighted by Crippen LogP contribution is -2.38. The van der Waals surface area contributed by atoms with Crippen LogP contribution in [0.5, 0.6) is 0 Å². The standard InChI is InChI=1S/C19H24FN5O2/c1-23(2)19(27)24-9-6-10-25-16(13-24)11-15(22-25)12-21-18(26)17(20)14-7-4-3-5-8-14/h3-5,7-8,11,17H,6,9-10,12-13H2,1-2H3,(H,21,26)/t17-/m0/s1. The van der Waals surface area contributed by atoms with E-state index in [9.17, 15) is 14.0 Å². The molecule has 0 unspecified atom stereocenters. The first-order chi connectivity index (χ1) is 13.0. The molecule has 2 aromatic rings. The molecule has 0 bridgehead atoms. The number of nitrogens with zero attached hydrogens (tertiary/aromatic N) is 4. The van der Waals surface area contributed by atoms with Gasteiger partial charge in [0.25, 0.3) is 5.91 Å². The Morgan fingerprint density at radius 3 is 2.70 bits per heavy atom. The lowest BCUT2D eigenvalue weighted by molar-refractivity contribution is -0.126. The van der Waals surface area contributed by atoms with Crippen LogP contribution in [0.1, 0.15) is 29.5 Å². The molecule has 0 saturated heterocycles. The Hall–Kier alpha value is -2.90. The number of carbonyl (C=O) groups excluding carboxylic acids is 2. The molecule has 0 fully saturated rings. The molecule has 0 saturated carbocycles. The van der Waals surface area contributed by atoms with E-state index in [1.165, 1.54) is 0 Å². The van der Waals surface area contributed by atoms with Crippen LogP contribution in [0.25, 0.3) is 0 Å². The highest BCUT2D eigenvalue weighted by Gasteiger charge is 2.23. The Morgan fingerprint density at radius 2 is 2.00 bits per heavy atom. The molecule has 144 valence electrons. The van der Waals surface area contributed by atoms with E-state index >= 15 is 0 Å². The van der Waals surface area contributed by atoms with E-state index < -0.39 is 12.1 Å². The smallest absolute Gasteiger partial charge is 0.319 e. The first-order valence-electron chi connectivity index (χ1n) is 8.94. The lowest BCUT2D eigenvalue weighted by atomic mass is 10.1. The number of hydrogen-bond acceptors (Lipinski definition) is 3. The van der Waals surface area contributed by atoms with Gasteiger partial charge < -0.3 is 15.1 Å². The number of amides is 3. The molecule has 2 heterocycles. The van der Waals surface area contributed by atoms with Crippen LogP contribution in [0.2, 0.25) is 0 Å². The first-order valence-corrected chi connectivity index (χ1v) is 8.94. The molecule has 27 heavy (non-hydrogen) atoms. The van der Waals surface area contributed by atoms with Crippen LogP contribution in [-0.4, -0.2) is 52.2 Å². The van der Waals surface area contributed by atoms with Gasteiger partial charge in [-0.25, -0.2) is 9.18 Å². The fraction of sp³-hybridized carbons (Fsp3) is 0.421. The van der Waals surface area contributed by atoms with Gasteiger partial charge in [-0.15, -0.1) is 0 Å². The van der Waals surface area contributed by atoms with Crippen molar-refractivity contribution in [1.82, 2.24) is 24.9 Å². The number of rotatable bonds is 4. The minimum Gasteiger partial charge on any atom is -0.348 e. The van der Waals surface area contributed by atoms with Crippen LogP contribution < -0.4 is 5.32 Å². The summed E-state index contributed by atoms with van der Waals surface area (Å²) >= 11 is 0. The van der Waals surface area contributed by atoms with Crippen molar-refractivity contribution in [1.29, 1.82) is 0 Å². The Balaban J connectivity index is 1.62. The summed E-state index contributed by atoms with van der Waals surface area (Å²) in [6.07, 6.45) is -0.902. The van der Waals surface area contributed by atoms with Gasteiger partial charge in [-0.1, -0.05) is 30.3 Å². The molecule has 1 aromatic carbocycles. The third kappa shape index (κ3) is 4.45. The fourth-order valence-corrected chi connectivity index (χ4v) is 3.09. The van der Waals surface area contributed by atoms with Crippen molar-refractivity contribution in [2.24, 2.45) is 0 Å². The number of nitrogens with one attached hydrogen (secondary N) is 1. The van der Waals surface area contributed by atoms with Crippen LogP contribution in [0, 0.1) is 0 Å². The average molecular weight is 373 g/mol. The third-order valence-electron chi connectivity index (χ3n) is 4.48. The van der Waals surface area contributed by atoms with Crippen molar-refractivity contribution in [3.63, 3.8) is 0 Å². The molecule has 1 aliphatic heterocycles. The van der Waals surface area contributed by atoms with Crippen LogP contribution in [0.3, 0.4) is 0 Å². The van der Waals surface area contributed by atoms with Gasteiger partial charge in [0.2, 0.25) is 6.17 Å². The average Bonchev–Trinajstić information content (AvgIpc) is 2.95. The highest BCUT2D eigenvalue weighted by Crippen LogP contribution is 2.18. The molecule has 3 amide bonds. The first kappa shape index (κ1) is 18.9. The molecule has 1 aliphatic rings. The van der Waals surface area contributed by atoms with E-state index in [0.29, 0.717) is 30.9 Å². The SMILES string of the molecule is CN(C)C(=O)N1CCCn2nc(CNC(=O)[C@@H](F)c3ccccc3)cc2C1. The zero-order valence-corrected chi connectivity index (χ0v) is 15.6. The minimum absolute atomic E-state index is 0.0392. The number of carbonyl (C=O) groups is 2. The molecular formula is C19H24FN5O2. The van der Waals surface area contributed by atoms with E-state index in [0.717, 1.165) is 12.1 Å². The molecule has 0 radical (unpaired) electrons. The second kappa shape index (κ2) is 8.20. The van der Waals surface area contributed by atoms with Gasteiger partial charge >= 0.3 is 6.03 Å². The maximum Gasteiger partial charge on any atom is 0.319 e. The van der Waals surface area contributed by atoms with Gasteiger partial charge in [-0.05, 0) is 18.1 Å². The minimum atomic E-state index is -1.71. The quantitative estimate of drug-likeness (QED) is 0.892. The molecular weight excluding hydrogens is 349 g/mol. The molecule has 1 atom stereocenters. The zero-order chi connectivity index (χ0) is 19.4. The highest BCUT2D eigenvalue weighted by atomic mass is 19.1. The number of aryl methyl sites for hydroxylation is 1. The van der Waals surface area contributed by atoms with E-state index in [-0.39, 0.29) is 12.6 Å². The Labute approximate surface area is 157 Å². The number of urea groups is 1. The highest BCUT2D eigenvalue weighted by molar-refractivity contribution is 5.81. The van der Waals surface area contributed by atoms with Crippen LogP contribution >= 0.6 is 0 Å². The molecule has 1 aromatic heterocycles. The maximum atomic E-state index is 14.2. The van der Waals surface area contributed by atoms with Crippen molar-refractivity contribution in [3.05, 3.63) is 53.3 Å². The van der Waals surface area contributed by atoms with Gasteiger partial charge in [0.1, 0.15) is 0 Å². The number of alkyl halides is 1. The zero-order valence-electron chi connectivity index (χ0n) is 15.6. The van der Waals surface area contributed by atoms with E-state index in [1.54, 1.807) is 54.2 Å². The summed E-state index contributed by atoms with van der Waals surface area (Å²) in [5, 5.41) is 7.08. The topological polar surface area (TPSA) is 70.5 Å². The van der Waals surface area contributed by atoms with Crippen LogP contribution in [0.15, 0.2) is 36.4 Å². The summed E-state index contributed by atoms with van der Waals surface area (Å²) in [4.78, 5) is 27.6. The second-order valence-electron chi connectivity index (χ2n) is 6.79. The summed E-state index contributed by atoms with van der Waals surface area (Å²) < 4.78 is 16.1. The number of halogens is 1. The number of aromatic nitrogens is 2. The summed E-state index contributed by atoms with van der Waals surface area (Å²) in [7, 11) is 3.46. The predicted octanol–water partition coefficient (Wildman–Crippen LogP) is 2.10. The summed E-state index contributed by atoms with van der Waals surface area (Å²) in [5.74, 6) is -0.686. The molecule has 0 aliphatic carbocycles. The Bertz CT molecular complexity index is 806. The van der Waals surface area contributed by atoms with Crippen LogP contribution in [0.4, 0.5) is 9.18 Å². The molecule has 0 spiro atoms. The molecule has 1 N–H and O–H groups in total. The second-order valence-corrected chi connectivity index (χ2v) is 6.79. The van der Waals surface area contributed by atoms with Crippen molar-refractivity contribution in [3.8, 4) is 0 Å². The predicted molar refractivity (Wildman–Crippen MR) is 98.5 cm³/mol. The number of benzene rings is 1. The van der Waals surface area contributed by atoms with Gasteiger partial charge in [0.15, 0.2) is 0 Å². The molecule has 3 rings (SSSR count). The van der Waals surface area contributed by atoms with E-state index in [2.05, 4.69) is 10.4 Å². The lowest BCUT2D eigenvalue weighted by Gasteiger charge is -2.23. The number of hydrogen-bond donors (Lipinski definition) is 1. The summed E-state index contributed by atoms with van der Waals surface area (Å²) in [6.45, 7) is 1.99. The Morgan fingerprint density at radius 1 is 1.26 bits per heavy atom. The normalized spacial score (nSPS) is 14.9. The van der Waals surface area contributed by atoms with Crippen molar-refractivity contribution in [2.45, 2.75) is 32.2 Å². The van der Waals surface area contributed by atoms with E-state index in [4.69, 9.17) is 0 Å². The Kier molecular flexibility index (Phi) is 5.73. The molecule has 8 heteroatoms.